The molecule has 3 nitrogen and oxygen atoms in total. The SMILES string of the molecule is CCC(CC)C(CNC(=O)c1cc(C)c(Br)s1)N(C)C. The molecule has 0 saturated heterocycles. The minimum atomic E-state index is 0.0293. The highest BCUT2D eigenvalue weighted by atomic mass is 79.9. The van der Waals surface area contributed by atoms with Crippen molar-refractivity contribution in [2.24, 2.45) is 5.92 Å². The molecule has 1 heterocycles. The van der Waals surface area contributed by atoms with Crippen LogP contribution in [-0.2, 0) is 0 Å². The maximum atomic E-state index is 12.2. The van der Waals surface area contributed by atoms with Crippen LogP contribution in [0.3, 0.4) is 0 Å². The number of amides is 1. The van der Waals surface area contributed by atoms with E-state index in [-0.39, 0.29) is 5.91 Å². The standard InChI is InChI=1S/C15H25BrN2OS/c1-6-11(7-2)12(18(4)5)9-17-15(19)13-8-10(3)14(16)20-13/h8,11-12H,6-7,9H2,1-5H3,(H,17,19). The molecule has 20 heavy (non-hydrogen) atoms. The monoisotopic (exact) mass is 360 g/mol. The van der Waals surface area contributed by atoms with E-state index < -0.39 is 0 Å². The summed E-state index contributed by atoms with van der Waals surface area (Å²) < 4.78 is 1.03. The Kier molecular flexibility index (Phi) is 7.20. The van der Waals surface area contributed by atoms with Crippen LogP contribution in [0.5, 0.6) is 0 Å². The lowest BCUT2D eigenvalue weighted by Gasteiger charge is -2.31. The molecule has 1 rings (SSSR count). The van der Waals surface area contributed by atoms with E-state index in [1.165, 1.54) is 11.3 Å². The Morgan fingerprint density at radius 3 is 2.40 bits per heavy atom. The second kappa shape index (κ2) is 8.15. The minimum Gasteiger partial charge on any atom is -0.350 e. The highest BCUT2D eigenvalue weighted by molar-refractivity contribution is 9.11. The van der Waals surface area contributed by atoms with E-state index in [9.17, 15) is 4.79 Å². The number of carbonyl (C=O) groups is 1. The lowest BCUT2D eigenvalue weighted by molar-refractivity contribution is 0.0933. The van der Waals surface area contributed by atoms with Crippen molar-refractivity contribution in [3.63, 3.8) is 0 Å². The Bertz CT molecular complexity index is 422. The summed E-state index contributed by atoms with van der Waals surface area (Å²) in [5, 5.41) is 3.08. The van der Waals surface area contributed by atoms with Crippen LogP contribution in [-0.4, -0.2) is 37.5 Å². The quantitative estimate of drug-likeness (QED) is 0.799. The van der Waals surface area contributed by atoms with Gasteiger partial charge in [-0.2, -0.15) is 0 Å². The number of aryl methyl sites for hydroxylation is 1. The van der Waals surface area contributed by atoms with E-state index in [1.807, 2.05) is 13.0 Å². The van der Waals surface area contributed by atoms with Gasteiger partial charge in [-0.15, -0.1) is 11.3 Å². The molecule has 0 aliphatic heterocycles. The van der Waals surface area contributed by atoms with Gasteiger partial charge >= 0.3 is 0 Å². The Morgan fingerprint density at radius 1 is 1.40 bits per heavy atom. The summed E-state index contributed by atoms with van der Waals surface area (Å²) in [4.78, 5) is 15.2. The first kappa shape index (κ1) is 17.7. The van der Waals surface area contributed by atoms with Crippen LogP contribution in [0.4, 0.5) is 0 Å². The molecule has 0 fully saturated rings. The van der Waals surface area contributed by atoms with Gasteiger partial charge in [0.05, 0.1) is 8.66 Å². The number of nitrogens with zero attached hydrogens (tertiary/aromatic N) is 1. The van der Waals surface area contributed by atoms with Gasteiger partial charge in [0.15, 0.2) is 0 Å². The van der Waals surface area contributed by atoms with Crippen molar-refractivity contribution in [1.82, 2.24) is 10.2 Å². The Morgan fingerprint density at radius 2 is 2.00 bits per heavy atom. The van der Waals surface area contributed by atoms with Gasteiger partial charge in [0, 0.05) is 12.6 Å². The number of hydrogen-bond donors (Lipinski definition) is 1. The van der Waals surface area contributed by atoms with E-state index in [0.29, 0.717) is 18.5 Å². The second-order valence-corrected chi connectivity index (χ2v) is 7.76. The van der Waals surface area contributed by atoms with E-state index in [4.69, 9.17) is 0 Å². The molecule has 5 heteroatoms. The number of likely N-dealkylation sites (N-methyl/N-ethyl adjacent to an activating group) is 1. The molecule has 0 aliphatic rings. The lowest BCUT2D eigenvalue weighted by atomic mass is 9.93. The van der Waals surface area contributed by atoms with E-state index in [0.717, 1.165) is 27.1 Å². The van der Waals surface area contributed by atoms with Crippen molar-refractivity contribution in [3.8, 4) is 0 Å². The fourth-order valence-corrected chi connectivity index (χ4v) is 3.91. The number of rotatable bonds is 7. The van der Waals surface area contributed by atoms with Crippen LogP contribution in [0, 0.1) is 12.8 Å². The molecule has 0 spiro atoms. The van der Waals surface area contributed by atoms with E-state index in [2.05, 4.69) is 54.1 Å². The van der Waals surface area contributed by atoms with Crippen LogP contribution in [0.2, 0.25) is 0 Å². The van der Waals surface area contributed by atoms with Crippen LogP contribution < -0.4 is 5.32 Å². The fraction of sp³-hybridized carbons (Fsp3) is 0.667. The van der Waals surface area contributed by atoms with Crippen molar-refractivity contribution < 1.29 is 4.79 Å². The lowest BCUT2D eigenvalue weighted by Crippen LogP contribution is -2.44. The summed E-state index contributed by atoms with van der Waals surface area (Å²) in [6.07, 6.45) is 2.28. The summed E-state index contributed by atoms with van der Waals surface area (Å²) in [7, 11) is 4.17. The van der Waals surface area contributed by atoms with Gasteiger partial charge in [0.25, 0.3) is 5.91 Å². The fourth-order valence-electron chi connectivity index (χ4n) is 2.46. The Labute approximate surface area is 134 Å². The number of hydrogen-bond acceptors (Lipinski definition) is 3. The van der Waals surface area contributed by atoms with Gasteiger partial charge in [-0.05, 0) is 54.5 Å². The molecule has 0 aromatic carbocycles. The average Bonchev–Trinajstić information content (AvgIpc) is 2.74. The summed E-state index contributed by atoms with van der Waals surface area (Å²) in [6.45, 7) is 7.13. The van der Waals surface area contributed by atoms with Gasteiger partial charge in [0.1, 0.15) is 0 Å². The van der Waals surface area contributed by atoms with Gasteiger partial charge in [-0.1, -0.05) is 26.7 Å². The summed E-state index contributed by atoms with van der Waals surface area (Å²) >= 11 is 4.96. The van der Waals surface area contributed by atoms with Crippen LogP contribution in [0.25, 0.3) is 0 Å². The molecule has 1 amide bonds. The summed E-state index contributed by atoms with van der Waals surface area (Å²) in [5.74, 6) is 0.642. The van der Waals surface area contributed by atoms with Gasteiger partial charge in [0.2, 0.25) is 0 Å². The molecule has 114 valence electrons. The molecule has 1 aromatic rings. The van der Waals surface area contributed by atoms with Gasteiger partial charge < -0.3 is 10.2 Å². The zero-order chi connectivity index (χ0) is 15.3. The topological polar surface area (TPSA) is 32.3 Å². The highest BCUT2D eigenvalue weighted by Gasteiger charge is 2.22. The predicted molar refractivity (Wildman–Crippen MR) is 90.6 cm³/mol. The summed E-state index contributed by atoms with van der Waals surface area (Å²) in [5.41, 5.74) is 1.12. The first-order valence-electron chi connectivity index (χ1n) is 7.11. The molecule has 1 N–H and O–H groups in total. The summed E-state index contributed by atoms with van der Waals surface area (Å²) in [6, 6.07) is 2.32. The van der Waals surface area contributed by atoms with Crippen LogP contribution in [0.15, 0.2) is 9.85 Å². The van der Waals surface area contributed by atoms with E-state index in [1.54, 1.807) is 0 Å². The molecule has 1 aromatic heterocycles. The maximum absolute atomic E-state index is 12.2. The van der Waals surface area contributed by atoms with Crippen molar-refractivity contribution in [3.05, 3.63) is 20.3 Å². The average molecular weight is 361 g/mol. The zero-order valence-electron chi connectivity index (χ0n) is 13.0. The third kappa shape index (κ3) is 4.57. The van der Waals surface area contributed by atoms with Crippen LogP contribution in [0.1, 0.15) is 41.9 Å². The Hall–Kier alpha value is -0.390. The van der Waals surface area contributed by atoms with Crippen molar-refractivity contribution in [1.29, 1.82) is 0 Å². The smallest absolute Gasteiger partial charge is 0.261 e. The first-order valence-corrected chi connectivity index (χ1v) is 8.72. The minimum absolute atomic E-state index is 0.0293. The van der Waals surface area contributed by atoms with Crippen LogP contribution >= 0.6 is 27.3 Å². The third-order valence-corrected chi connectivity index (χ3v) is 5.94. The molecular weight excluding hydrogens is 336 g/mol. The van der Waals surface area contributed by atoms with Crippen molar-refractivity contribution in [2.45, 2.75) is 39.7 Å². The number of nitrogens with one attached hydrogen (secondary N) is 1. The van der Waals surface area contributed by atoms with Gasteiger partial charge in [-0.25, -0.2) is 0 Å². The number of thiophene rings is 1. The predicted octanol–water partition coefficient (Wildman–Crippen LogP) is 3.92. The molecule has 1 atom stereocenters. The molecule has 0 bridgehead atoms. The first-order chi connectivity index (χ1) is 9.40. The molecule has 0 aliphatic carbocycles. The van der Waals surface area contributed by atoms with Crippen molar-refractivity contribution in [2.75, 3.05) is 20.6 Å². The second-order valence-electron chi connectivity index (χ2n) is 5.38. The largest absolute Gasteiger partial charge is 0.350 e. The van der Waals surface area contributed by atoms with Crippen molar-refractivity contribution >= 4 is 33.2 Å². The molecule has 1 unspecified atom stereocenters. The highest BCUT2D eigenvalue weighted by Crippen LogP contribution is 2.27. The van der Waals surface area contributed by atoms with Gasteiger partial charge in [-0.3, -0.25) is 4.79 Å². The number of halogens is 1. The maximum Gasteiger partial charge on any atom is 0.261 e. The Balaban J connectivity index is 2.65. The molecule has 0 radical (unpaired) electrons. The van der Waals surface area contributed by atoms with E-state index >= 15 is 0 Å². The number of carbonyl (C=O) groups excluding carboxylic acids is 1. The molecule has 0 saturated carbocycles. The third-order valence-electron chi connectivity index (χ3n) is 3.81. The zero-order valence-corrected chi connectivity index (χ0v) is 15.4. The normalized spacial score (nSPS) is 13.0. The molecular formula is C15H25BrN2OS.